The Balaban J connectivity index is 1.47. The number of hydrogen-bond donors (Lipinski definition) is 2. The largest absolute Gasteiger partial charge is 0.486 e. The number of amides is 1. The lowest BCUT2D eigenvalue weighted by molar-refractivity contribution is -0.242. The van der Waals surface area contributed by atoms with Gasteiger partial charge in [0.15, 0.2) is 0 Å². The number of aliphatic carboxylic acids is 1. The topological polar surface area (TPSA) is 122 Å². The maximum Gasteiger partial charge on any atom is 0.427 e. The van der Waals surface area contributed by atoms with Crippen LogP contribution in [0.25, 0.3) is 0 Å². The van der Waals surface area contributed by atoms with E-state index in [9.17, 15) is 36.3 Å². The summed E-state index contributed by atoms with van der Waals surface area (Å²) < 4.78 is 79.1. The summed E-state index contributed by atoms with van der Waals surface area (Å²) in [7, 11) is -4.17. The summed E-state index contributed by atoms with van der Waals surface area (Å²) in [5, 5.41) is 11.9. The van der Waals surface area contributed by atoms with E-state index in [1.807, 2.05) is 6.07 Å². The van der Waals surface area contributed by atoms with Crippen molar-refractivity contribution in [1.29, 1.82) is 0 Å². The van der Waals surface area contributed by atoms with Crippen molar-refractivity contribution >= 4 is 33.5 Å². The number of alkyl halides is 3. The average molecular weight is 583 g/mol. The third kappa shape index (κ3) is 5.43. The second kappa shape index (κ2) is 9.57. The van der Waals surface area contributed by atoms with E-state index in [-0.39, 0.29) is 35.0 Å². The highest BCUT2D eigenvalue weighted by Crippen LogP contribution is 2.52. The van der Waals surface area contributed by atoms with Crippen molar-refractivity contribution in [3.63, 3.8) is 0 Å². The number of ether oxygens (including phenoxy) is 2. The number of nitrogens with zero attached hydrogens (tertiary/aromatic N) is 1. The molecule has 2 aromatic rings. The Morgan fingerprint density at radius 2 is 1.85 bits per heavy atom. The molecule has 2 aromatic carbocycles. The molecule has 0 aromatic heterocycles. The smallest absolute Gasteiger partial charge is 0.427 e. The van der Waals surface area contributed by atoms with E-state index < -0.39 is 45.4 Å². The van der Waals surface area contributed by atoms with Gasteiger partial charge in [-0.3, -0.25) is 14.4 Å². The number of sulfonamides is 1. The van der Waals surface area contributed by atoms with E-state index in [0.29, 0.717) is 32.6 Å². The van der Waals surface area contributed by atoms with Gasteiger partial charge in [-0.2, -0.15) is 13.2 Å². The third-order valence-corrected chi connectivity index (χ3v) is 9.36. The fraction of sp³-hybridized carbons (Fsp3) is 0.481. The highest BCUT2D eigenvalue weighted by Gasteiger charge is 2.53. The predicted octanol–water partition coefficient (Wildman–Crippen LogP) is 5.66. The van der Waals surface area contributed by atoms with Gasteiger partial charge < -0.3 is 14.6 Å². The zero-order valence-electron chi connectivity index (χ0n) is 21.8. The van der Waals surface area contributed by atoms with E-state index in [1.54, 1.807) is 12.1 Å². The van der Waals surface area contributed by atoms with Crippen molar-refractivity contribution in [3.8, 4) is 5.75 Å². The Morgan fingerprint density at radius 3 is 2.45 bits per heavy atom. The van der Waals surface area contributed by atoms with Gasteiger partial charge in [0.05, 0.1) is 22.5 Å². The highest BCUT2D eigenvalue weighted by atomic mass is 32.2. The molecule has 1 aliphatic heterocycles. The molecule has 2 fully saturated rings. The van der Waals surface area contributed by atoms with Crippen LogP contribution in [-0.2, 0) is 19.6 Å². The summed E-state index contributed by atoms with van der Waals surface area (Å²) in [5.74, 6) is -0.532. The van der Waals surface area contributed by atoms with E-state index in [2.05, 4.69) is 10.1 Å². The standard InChI is InChI=1S/C27H29F3N2O7S/c1-25(2,27(28,29)30)39-24(35)31-18-8-9-22-21(13-18)32(15-19(38-22)14-26(10-11-26)23(33)34)40(36,37)20-5-3-4-17(12-20)16-6-7-16/h3-5,8-9,12-13,16,19H,6-7,10-11,14-15H2,1-2H3,(H,31,35)(H,33,34)/t19-/m1/s1. The van der Waals surface area contributed by atoms with Crippen LogP contribution in [0, 0.1) is 5.41 Å². The van der Waals surface area contributed by atoms with Crippen molar-refractivity contribution in [2.75, 3.05) is 16.2 Å². The molecule has 0 radical (unpaired) electrons. The minimum Gasteiger partial charge on any atom is -0.486 e. The van der Waals surface area contributed by atoms with Gasteiger partial charge in [0.2, 0.25) is 5.60 Å². The van der Waals surface area contributed by atoms with Crippen LogP contribution in [-0.4, -0.2) is 50.0 Å². The minimum atomic E-state index is -4.81. The number of fused-ring (bicyclic) bond motifs is 1. The molecule has 1 amide bonds. The van der Waals surface area contributed by atoms with Gasteiger partial charge in [0.1, 0.15) is 11.9 Å². The van der Waals surface area contributed by atoms with Gasteiger partial charge >= 0.3 is 18.2 Å². The van der Waals surface area contributed by atoms with Gasteiger partial charge in [0, 0.05) is 12.1 Å². The Hall–Kier alpha value is -3.48. The van der Waals surface area contributed by atoms with Crippen LogP contribution < -0.4 is 14.4 Å². The van der Waals surface area contributed by atoms with Crippen LogP contribution in [0.4, 0.5) is 29.3 Å². The zero-order chi connectivity index (χ0) is 29.1. The first-order chi connectivity index (χ1) is 18.6. The van der Waals surface area contributed by atoms with Crippen molar-refractivity contribution in [2.24, 2.45) is 5.41 Å². The average Bonchev–Trinajstić information content (AvgIpc) is 3.78. The molecule has 0 unspecified atom stereocenters. The normalized spacial score (nSPS) is 20.2. The van der Waals surface area contributed by atoms with E-state index >= 15 is 0 Å². The van der Waals surface area contributed by atoms with Crippen molar-refractivity contribution in [1.82, 2.24) is 0 Å². The molecule has 3 aliphatic rings. The quantitative estimate of drug-likeness (QED) is 0.412. The molecule has 2 aliphatic carbocycles. The number of carboxylic acids is 1. The summed E-state index contributed by atoms with van der Waals surface area (Å²) in [5.41, 5.74) is -2.78. The Kier molecular flexibility index (Phi) is 6.71. The van der Waals surface area contributed by atoms with Crippen LogP contribution in [0.5, 0.6) is 5.75 Å². The molecule has 0 bridgehead atoms. The van der Waals surface area contributed by atoms with Crippen LogP contribution in [0.1, 0.15) is 57.4 Å². The molecule has 0 saturated heterocycles. The molecule has 5 rings (SSSR count). The molecular formula is C27H29F3N2O7S. The molecule has 1 atom stereocenters. The lowest BCUT2D eigenvalue weighted by atomic mass is 9.97. The highest BCUT2D eigenvalue weighted by molar-refractivity contribution is 7.92. The number of carboxylic acid groups (broad SMARTS) is 1. The summed E-state index contributed by atoms with van der Waals surface area (Å²) in [6.45, 7) is 1.23. The van der Waals surface area contributed by atoms with E-state index in [0.717, 1.165) is 22.7 Å². The van der Waals surface area contributed by atoms with Crippen molar-refractivity contribution in [2.45, 2.75) is 74.6 Å². The Morgan fingerprint density at radius 1 is 1.15 bits per heavy atom. The van der Waals surface area contributed by atoms with Gasteiger partial charge in [-0.1, -0.05) is 12.1 Å². The first-order valence-corrected chi connectivity index (χ1v) is 14.3. The number of carbonyl (C=O) groups is 2. The molecule has 9 nitrogen and oxygen atoms in total. The lowest BCUT2D eigenvalue weighted by Crippen LogP contribution is -2.45. The summed E-state index contributed by atoms with van der Waals surface area (Å²) in [6, 6.07) is 10.6. The predicted molar refractivity (Wildman–Crippen MR) is 138 cm³/mol. The van der Waals surface area contributed by atoms with E-state index in [4.69, 9.17) is 4.74 Å². The van der Waals surface area contributed by atoms with E-state index in [1.165, 1.54) is 24.3 Å². The van der Waals surface area contributed by atoms with Crippen LogP contribution >= 0.6 is 0 Å². The van der Waals surface area contributed by atoms with Gasteiger partial charge in [0.25, 0.3) is 10.0 Å². The number of hydrogen-bond acceptors (Lipinski definition) is 6. The monoisotopic (exact) mass is 582 g/mol. The SMILES string of the molecule is CC(C)(OC(=O)Nc1ccc2c(c1)N(S(=O)(=O)c1cccc(C3CC3)c1)C[C@@H](CC1(C(=O)O)CC1)O2)C(F)(F)F. The summed E-state index contributed by atoms with van der Waals surface area (Å²) in [4.78, 5) is 24.1. The van der Waals surface area contributed by atoms with Crippen molar-refractivity contribution in [3.05, 3.63) is 48.0 Å². The van der Waals surface area contributed by atoms with Crippen LogP contribution in [0.15, 0.2) is 47.4 Å². The molecule has 216 valence electrons. The van der Waals surface area contributed by atoms with Crippen molar-refractivity contribution < 1.29 is 45.8 Å². The number of carbonyl (C=O) groups excluding carboxylic acids is 1. The molecule has 13 heteroatoms. The van der Waals surface area contributed by atoms with Gasteiger partial charge in [-0.15, -0.1) is 0 Å². The molecule has 1 heterocycles. The summed E-state index contributed by atoms with van der Waals surface area (Å²) >= 11 is 0. The minimum absolute atomic E-state index is 0.0140. The second-order valence-corrected chi connectivity index (χ2v) is 13.0. The Labute approximate surface area is 229 Å². The van der Waals surface area contributed by atoms with Crippen LogP contribution in [0.3, 0.4) is 0 Å². The van der Waals surface area contributed by atoms with Crippen LogP contribution in [0.2, 0.25) is 0 Å². The molecule has 40 heavy (non-hydrogen) atoms. The summed E-state index contributed by atoms with van der Waals surface area (Å²) in [6.07, 6.45) is -3.97. The first kappa shape index (κ1) is 28.1. The molecule has 2 N–H and O–H groups in total. The third-order valence-electron chi connectivity index (χ3n) is 7.59. The number of rotatable bonds is 8. The fourth-order valence-corrected chi connectivity index (χ4v) is 6.28. The molecule has 2 saturated carbocycles. The maximum atomic E-state index is 14.0. The first-order valence-electron chi connectivity index (χ1n) is 12.8. The molecular weight excluding hydrogens is 553 g/mol. The van der Waals surface area contributed by atoms with Gasteiger partial charge in [-0.05, 0) is 81.3 Å². The Bertz CT molecular complexity index is 1450. The lowest BCUT2D eigenvalue weighted by Gasteiger charge is -2.36. The second-order valence-electron chi connectivity index (χ2n) is 11.1. The number of halogens is 3. The number of nitrogens with one attached hydrogen (secondary N) is 1. The zero-order valence-corrected chi connectivity index (χ0v) is 22.6. The maximum absolute atomic E-state index is 14.0. The van der Waals surface area contributed by atoms with Gasteiger partial charge in [-0.25, -0.2) is 13.2 Å². The number of benzene rings is 2. The number of anilines is 2. The fourth-order valence-electron chi connectivity index (χ4n) is 4.72. The molecule has 0 spiro atoms.